The number of primary amides is 1. The number of aromatic nitrogens is 1. The lowest BCUT2D eigenvalue weighted by Gasteiger charge is -2.13. The number of nitrogens with zero attached hydrogens (tertiary/aromatic N) is 1. The molecular weight excluding hydrogens is 322 g/mol. The second-order valence-corrected chi connectivity index (χ2v) is 5.67. The van der Waals surface area contributed by atoms with E-state index in [2.05, 4.69) is 20.7 Å². The van der Waals surface area contributed by atoms with Gasteiger partial charge in [-0.25, -0.2) is 4.79 Å². The van der Waals surface area contributed by atoms with Gasteiger partial charge in [-0.2, -0.15) is 0 Å². The van der Waals surface area contributed by atoms with Gasteiger partial charge in [0.25, 0.3) is 11.8 Å². The Morgan fingerprint density at radius 2 is 1.52 bits per heavy atom. The zero-order chi connectivity index (χ0) is 18.6. The van der Waals surface area contributed by atoms with Gasteiger partial charge in [0.15, 0.2) is 0 Å². The van der Waals surface area contributed by atoms with Crippen molar-refractivity contribution < 1.29 is 14.4 Å². The molecule has 1 atom stereocenters. The van der Waals surface area contributed by atoms with Crippen LogP contribution in [-0.4, -0.2) is 28.5 Å². The average Bonchev–Trinajstić information content (AvgIpc) is 2.90. The van der Waals surface area contributed by atoms with E-state index >= 15 is 0 Å². The predicted molar refractivity (Wildman–Crippen MR) is 93.0 cm³/mol. The summed E-state index contributed by atoms with van der Waals surface area (Å²) in [6.07, 6.45) is 0. The van der Waals surface area contributed by atoms with E-state index in [0.717, 1.165) is 17.1 Å². The van der Waals surface area contributed by atoms with Gasteiger partial charge in [0.1, 0.15) is 6.04 Å². The minimum atomic E-state index is -0.861. The number of nitrogens with two attached hydrogens (primary N) is 1. The first kappa shape index (κ1) is 18.1. The van der Waals surface area contributed by atoms with Gasteiger partial charge in [-0.15, -0.1) is 0 Å². The van der Waals surface area contributed by atoms with Crippen molar-refractivity contribution in [3.05, 3.63) is 53.3 Å². The molecule has 0 aliphatic carbocycles. The van der Waals surface area contributed by atoms with Gasteiger partial charge >= 0.3 is 6.03 Å². The van der Waals surface area contributed by atoms with Crippen LogP contribution in [0.4, 0.5) is 4.79 Å². The van der Waals surface area contributed by atoms with Crippen LogP contribution in [0.3, 0.4) is 0 Å². The predicted octanol–water partition coefficient (Wildman–Crippen LogP) is 0.912. The van der Waals surface area contributed by atoms with Crippen molar-refractivity contribution in [3.63, 3.8) is 0 Å². The van der Waals surface area contributed by atoms with Crippen LogP contribution >= 0.6 is 0 Å². The maximum absolute atomic E-state index is 12.1. The Balaban J connectivity index is 1.99. The van der Waals surface area contributed by atoms with Gasteiger partial charge in [-0.1, -0.05) is 0 Å². The quantitative estimate of drug-likeness (QED) is 0.618. The Morgan fingerprint density at radius 1 is 0.960 bits per heavy atom. The fourth-order valence-electron chi connectivity index (χ4n) is 2.42. The van der Waals surface area contributed by atoms with Crippen molar-refractivity contribution in [2.75, 3.05) is 0 Å². The summed E-state index contributed by atoms with van der Waals surface area (Å²) in [6.45, 7) is 5.46. The Morgan fingerprint density at radius 3 is 2.04 bits per heavy atom. The van der Waals surface area contributed by atoms with E-state index in [1.54, 1.807) is 12.1 Å². The number of urea groups is 1. The fourth-order valence-corrected chi connectivity index (χ4v) is 2.42. The third kappa shape index (κ3) is 4.37. The summed E-state index contributed by atoms with van der Waals surface area (Å²) in [6, 6.07) is 9.35. The number of hydrazine groups is 1. The number of carbonyl (C=O) groups is 3. The smallest absolute Gasteiger partial charge is 0.312 e. The molecule has 132 valence electrons. The minimum absolute atomic E-state index is 0.391. The molecule has 0 spiro atoms. The minimum Gasteiger partial charge on any atom is -0.352 e. The summed E-state index contributed by atoms with van der Waals surface area (Å²) in [5, 5.41) is 2.21. The maximum atomic E-state index is 12.1. The highest BCUT2D eigenvalue weighted by Crippen LogP contribution is 2.16. The van der Waals surface area contributed by atoms with E-state index < -0.39 is 23.9 Å². The molecule has 8 heteroatoms. The number of aryl methyl sites for hydroxylation is 2. The Bertz CT molecular complexity index is 776. The number of rotatable bonds is 4. The largest absolute Gasteiger partial charge is 0.352 e. The monoisotopic (exact) mass is 343 g/mol. The Hall–Kier alpha value is -3.29. The molecule has 0 radical (unpaired) electrons. The molecule has 1 aromatic carbocycles. The zero-order valence-electron chi connectivity index (χ0n) is 14.3. The summed E-state index contributed by atoms with van der Waals surface area (Å²) in [5.74, 6) is -1.05. The van der Waals surface area contributed by atoms with Crippen molar-refractivity contribution in [2.45, 2.75) is 26.8 Å². The SMILES string of the molecule is Cc1ccc(C)n1-c1ccc(C(=O)NNC(=O)C(C)NC(N)=O)cc1. The van der Waals surface area contributed by atoms with E-state index in [1.807, 2.05) is 38.1 Å². The van der Waals surface area contributed by atoms with Gasteiger partial charge in [-0.3, -0.25) is 20.4 Å². The third-order valence-electron chi connectivity index (χ3n) is 3.71. The molecule has 0 aliphatic heterocycles. The van der Waals surface area contributed by atoms with E-state index in [1.165, 1.54) is 6.92 Å². The molecule has 2 aromatic rings. The maximum Gasteiger partial charge on any atom is 0.312 e. The van der Waals surface area contributed by atoms with E-state index in [-0.39, 0.29) is 0 Å². The molecule has 5 N–H and O–H groups in total. The van der Waals surface area contributed by atoms with Crippen molar-refractivity contribution in [3.8, 4) is 5.69 Å². The summed E-state index contributed by atoms with van der Waals surface area (Å²) in [7, 11) is 0. The van der Waals surface area contributed by atoms with Crippen molar-refractivity contribution in [2.24, 2.45) is 5.73 Å². The van der Waals surface area contributed by atoms with Gasteiger partial charge in [0, 0.05) is 22.6 Å². The highest BCUT2D eigenvalue weighted by Gasteiger charge is 2.15. The first-order chi connectivity index (χ1) is 11.8. The lowest BCUT2D eigenvalue weighted by Crippen LogP contribution is -2.52. The van der Waals surface area contributed by atoms with Crippen molar-refractivity contribution in [1.82, 2.24) is 20.7 Å². The molecule has 4 amide bonds. The lowest BCUT2D eigenvalue weighted by atomic mass is 10.2. The molecule has 2 rings (SSSR count). The molecule has 0 aliphatic rings. The fraction of sp³-hybridized carbons (Fsp3) is 0.235. The first-order valence-electron chi connectivity index (χ1n) is 7.71. The number of amides is 4. The summed E-state index contributed by atoms with van der Waals surface area (Å²) in [4.78, 5) is 34.5. The van der Waals surface area contributed by atoms with Crippen molar-refractivity contribution >= 4 is 17.8 Å². The molecule has 1 unspecified atom stereocenters. The molecular formula is C17H21N5O3. The molecule has 1 aromatic heterocycles. The second kappa shape index (κ2) is 7.52. The number of hydrogen-bond donors (Lipinski definition) is 4. The van der Waals surface area contributed by atoms with Crippen LogP contribution in [0.25, 0.3) is 5.69 Å². The second-order valence-electron chi connectivity index (χ2n) is 5.67. The highest BCUT2D eigenvalue weighted by atomic mass is 16.2. The summed E-state index contributed by atoms with van der Waals surface area (Å²) in [5.41, 5.74) is 13.0. The van der Waals surface area contributed by atoms with Gasteiger partial charge in [0.05, 0.1) is 0 Å². The highest BCUT2D eigenvalue weighted by molar-refractivity contribution is 5.96. The third-order valence-corrected chi connectivity index (χ3v) is 3.71. The zero-order valence-corrected chi connectivity index (χ0v) is 14.3. The van der Waals surface area contributed by atoms with Gasteiger partial charge in [0.2, 0.25) is 0 Å². The van der Waals surface area contributed by atoms with Crippen LogP contribution in [0.5, 0.6) is 0 Å². The standard InChI is InChI=1S/C17H21N5O3/c1-10-4-5-11(2)22(10)14-8-6-13(7-9-14)16(24)21-20-15(23)12(3)19-17(18)25/h4-9,12H,1-3H3,(H,20,23)(H,21,24)(H3,18,19,25). The van der Waals surface area contributed by atoms with Gasteiger partial charge < -0.3 is 15.6 Å². The van der Waals surface area contributed by atoms with E-state index in [9.17, 15) is 14.4 Å². The van der Waals surface area contributed by atoms with Crippen molar-refractivity contribution in [1.29, 1.82) is 0 Å². The Kier molecular flexibility index (Phi) is 5.43. The average molecular weight is 343 g/mol. The topological polar surface area (TPSA) is 118 Å². The first-order valence-corrected chi connectivity index (χ1v) is 7.71. The summed E-state index contributed by atoms with van der Waals surface area (Å²) < 4.78 is 2.07. The summed E-state index contributed by atoms with van der Waals surface area (Å²) >= 11 is 0. The molecule has 0 bridgehead atoms. The van der Waals surface area contributed by atoms with E-state index in [4.69, 9.17) is 5.73 Å². The lowest BCUT2D eigenvalue weighted by molar-refractivity contribution is -0.123. The normalized spacial score (nSPS) is 11.5. The van der Waals surface area contributed by atoms with Gasteiger partial charge in [-0.05, 0) is 57.2 Å². The number of carbonyl (C=O) groups excluding carboxylic acids is 3. The number of benzene rings is 1. The van der Waals surface area contributed by atoms with Crippen LogP contribution < -0.4 is 21.9 Å². The molecule has 0 fully saturated rings. The van der Waals surface area contributed by atoms with Crippen LogP contribution in [0.1, 0.15) is 28.7 Å². The van der Waals surface area contributed by atoms with E-state index in [0.29, 0.717) is 5.56 Å². The molecule has 25 heavy (non-hydrogen) atoms. The van der Waals surface area contributed by atoms with Crippen LogP contribution in [0, 0.1) is 13.8 Å². The Labute approximate surface area is 145 Å². The molecule has 0 saturated carbocycles. The van der Waals surface area contributed by atoms with Crippen LogP contribution in [0.15, 0.2) is 36.4 Å². The number of hydrogen-bond acceptors (Lipinski definition) is 3. The molecule has 8 nitrogen and oxygen atoms in total. The molecule has 1 heterocycles. The molecule has 0 saturated heterocycles. The van der Waals surface area contributed by atoms with Crippen LogP contribution in [-0.2, 0) is 4.79 Å². The van der Waals surface area contributed by atoms with Crippen LogP contribution in [0.2, 0.25) is 0 Å². The number of nitrogens with one attached hydrogen (secondary N) is 3.